The maximum Gasteiger partial charge on any atom is 0.319 e. The van der Waals surface area contributed by atoms with Crippen molar-refractivity contribution in [3.05, 3.63) is 35.9 Å². The molecule has 20 heavy (non-hydrogen) atoms. The van der Waals surface area contributed by atoms with Crippen molar-refractivity contribution >= 4 is 18.6 Å². The third-order valence-corrected chi connectivity index (χ3v) is 3.68. The van der Waals surface area contributed by atoms with Crippen LogP contribution in [-0.2, 0) is 16.0 Å². The molecule has 3 heteroatoms. The summed E-state index contributed by atoms with van der Waals surface area (Å²) in [5.74, 6) is -0.203. The van der Waals surface area contributed by atoms with E-state index in [0.717, 1.165) is 18.4 Å². The number of unbranched alkanes of at least 4 members (excludes halogenated alkanes) is 5. The fraction of sp³-hybridized carbons (Fsp3) is 0.588. The Morgan fingerprint density at radius 3 is 2.45 bits per heavy atom. The molecule has 1 aromatic carbocycles. The fourth-order valence-electron chi connectivity index (χ4n) is 2.07. The monoisotopic (exact) mass is 294 g/mol. The largest absolute Gasteiger partial charge is 0.465 e. The van der Waals surface area contributed by atoms with E-state index in [1.165, 1.54) is 25.7 Å². The number of carbonyl (C=O) groups excluding carboxylic acids is 1. The van der Waals surface area contributed by atoms with Crippen molar-refractivity contribution in [3.63, 3.8) is 0 Å². The van der Waals surface area contributed by atoms with Gasteiger partial charge in [0.25, 0.3) is 0 Å². The van der Waals surface area contributed by atoms with Crippen molar-refractivity contribution in [2.75, 3.05) is 6.61 Å². The highest BCUT2D eigenvalue weighted by atomic mass is 32.1. The molecule has 0 aliphatic heterocycles. The summed E-state index contributed by atoms with van der Waals surface area (Å²) in [6, 6.07) is 9.91. The first-order valence-electron chi connectivity index (χ1n) is 7.62. The molecule has 0 radical (unpaired) electrons. The van der Waals surface area contributed by atoms with E-state index in [4.69, 9.17) is 4.74 Å². The van der Waals surface area contributed by atoms with Crippen molar-refractivity contribution < 1.29 is 9.53 Å². The zero-order chi connectivity index (χ0) is 14.6. The molecule has 0 fully saturated rings. The molecule has 0 amide bonds. The molecular weight excluding hydrogens is 268 g/mol. The Morgan fingerprint density at radius 1 is 1.10 bits per heavy atom. The van der Waals surface area contributed by atoms with Crippen molar-refractivity contribution in [2.45, 2.75) is 57.1 Å². The first-order chi connectivity index (χ1) is 9.74. The van der Waals surface area contributed by atoms with Crippen molar-refractivity contribution in [3.8, 4) is 0 Å². The lowest BCUT2D eigenvalue weighted by molar-refractivity contribution is -0.143. The van der Waals surface area contributed by atoms with Crippen molar-refractivity contribution in [1.29, 1.82) is 0 Å². The van der Waals surface area contributed by atoms with Gasteiger partial charge in [0.2, 0.25) is 0 Å². The van der Waals surface area contributed by atoms with Gasteiger partial charge in [-0.15, -0.1) is 0 Å². The first kappa shape index (κ1) is 17.1. The fourth-order valence-corrected chi connectivity index (χ4v) is 2.36. The molecule has 112 valence electrons. The molecule has 1 rings (SSSR count). The van der Waals surface area contributed by atoms with E-state index < -0.39 is 0 Å². The van der Waals surface area contributed by atoms with Crippen LogP contribution in [0, 0.1) is 0 Å². The molecule has 0 N–H and O–H groups in total. The van der Waals surface area contributed by atoms with E-state index in [0.29, 0.717) is 13.0 Å². The smallest absolute Gasteiger partial charge is 0.319 e. The second-order valence-corrected chi connectivity index (χ2v) is 5.76. The normalized spacial score (nSPS) is 12.1. The van der Waals surface area contributed by atoms with E-state index in [2.05, 4.69) is 19.6 Å². The zero-order valence-corrected chi connectivity index (χ0v) is 13.3. The summed E-state index contributed by atoms with van der Waals surface area (Å²) < 4.78 is 5.27. The van der Waals surface area contributed by atoms with Gasteiger partial charge in [0.15, 0.2) is 0 Å². The summed E-state index contributed by atoms with van der Waals surface area (Å²) in [6.07, 6.45) is 7.81. The number of benzene rings is 1. The SMILES string of the molecule is CCCCCCCCOC(=O)C(S)Cc1ccccc1. The average Bonchev–Trinajstić information content (AvgIpc) is 2.47. The molecular formula is C17H26O2S. The highest BCUT2D eigenvalue weighted by Gasteiger charge is 2.15. The molecule has 2 nitrogen and oxygen atoms in total. The highest BCUT2D eigenvalue weighted by molar-refractivity contribution is 7.81. The van der Waals surface area contributed by atoms with Gasteiger partial charge in [0.05, 0.1) is 6.61 Å². The van der Waals surface area contributed by atoms with E-state index in [9.17, 15) is 4.79 Å². The maximum absolute atomic E-state index is 11.8. The van der Waals surface area contributed by atoms with Gasteiger partial charge in [-0.3, -0.25) is 4.79 Å². The zero-order valence-electron chi connectivity index (χ0n) is 12.4. The average molecular weight is 294 g/mol. The van der Waals surface area contributed by atoms with Crippen LogP contribution in [0.3, 0.4) is 0 Å². The molecule has 0 saturated heterocycles. The minimum Gasteiger partial charge on any atom is -0.465 e. The Hall–Kier alpha value is -0.960. The van der Waals surface area contributed by atoms with Gasteiger partial charge < -0.3 is 4.74 Å². The lowest BCUT2D eigenvalue weighted by Gasteiger charge is -2.11. The molecule has 0 aliphatic carbocycles. The predicted molar refractivity (Wildman–Crippen MR) is 87.3 cm³/mol. The molecule has 0 spiro atoms. The van der Waals surface area contributed by atoms with Gasteiger partial charge in [-0.25, -0.2) is 0 Å². The van der Waals surface area contributed by atoms with Crippen LogP contribution in [0.2, 0.25) is 0 Å². The third-order valence-electron chi connectivity index (χ3n) is 3.29. The Balaban J connectivity index is 2.10. The van der Waals surface area contributed by atoms with Crippen LogP contribution in [0.1, 0.15) is 51.0 Å². The summed E-state index contributed by atoms with van der Waals surface area (Å²) in [7, 11) is 0. The summed E-state index contributed by atoms with van der Waals surface area (Å²) in [5.41, 5.74) is 1.11. The maximum atomic E-state index is 11.8. The Morgan fingerprint density at radius 2 is 1.75 bits per heavy atom. The van der Waals surface area contributed by atoms with E-state index in [1.807, 2.05) is 30.3 Å². The summed E-state index contributed by atoms with van der Waals surface area (Å²) in [4.78, 5) is 11.8. The summed E-state index contributed by atoms with van der Waals surface area (Å²) in [5, 5.41) is -0.363. The number of ether oxygens (including phenoxy) is 1. The predicted octanol–water partition coefficient (Wildman–Crippen LogP) is 4.43. The number of rotatable bonds is 10. The van der Waals surface area contributed by atoms with Crippen LogP contribution in [0.4, 0.5) is 0 Å². The standard InChI is InChI=1S/C17H26O2S/c1-2-3-4-5-6-10-13-19-17(18)16(20)14-15-11-8-7-9-12-15/h7-9,11-12,16,20H,2-6,10,13-14H2,1H3. The van der Waals surface area contributed by atoms with Crippen LogP contribution in [0.15, 0.2) is 30.3 Å². The lowest BCUT2D eigenvalue weighted by atomic mass is 10.1. The minimum absolute atomic E-state index is 0.203. The molecule has 1 aromatic rings. The van der Waals surface area contributed by atoms with E-state index in [1.54, 1.807) is 0 Å². The Labute approximate surface area is 128 Å². The molecule has 0 saturated carbocycles. The molecule has 0 aliphatic rings. The van der Waals surface area contributed by atoms with Crippen LogP contribution < -0.4 is 0 Å². The van der Waals surface area contributed by atoms with Crippen LogP contribution in [0.25, 0.3) is 0 Å². The number of carbonyl (C=O) groups is 1. The van der Waals surface area contributed by atoms with Gasteiger partial charge in [-0.05, 0) is 18.4 Å². The van der Waals surface area contributed by atoms with Crippen LogP contribution >= 0.6 is 12.6 Å². The van der Waals surface area contributed by atoms with Gasteiger partial charge in [-0.2, -0.15) is 12.6 Å². The third kappa shape index (κ3) is 7.59. The van der Waals surface area contributed by atoms with E-state index >= 15 is 0 Å². The molecule has 1 unspecified atom stereocenters. The van der Waals surface area contributed by atoms with Gasteiger partial charge in [0, 0.05) is 0 Å². The van der Waals surface area contributed by atoms with Crippen LogP contribution in [-0.4, -0.2) is 17.8 Å². The quantitative estimate of drug-likeness (QED) is 0.392. The topological polar surface area (TPSA) is 26.3 Å². The summed E-state index contributed by atoms with van der Waals surface area (Å²) in [6.45, 7) is 2.73. The second kappa shape index (κ2) is 10.8. The minimum atomic E-state index is -0.363. The molecule has 0 bridgehead atoms. The first-order valence-corrected chi connectivity index (χ1v) is 8.14. The Kier molecular flexibility index (Phi) is 9.22. The van der Waals surface area contributed by atoms with E-state index in [-0.39, 0.29) is 11.2 Å². The van der Waals surface area contributed by atoms with Crippen molar-refractivity contribution in [1.82, 2.24) is 0 Å². The van der Waals surface area contributed by atoms with Crippen LogP contribution in [0.5, 0.6) is 0 Å². The molecule has 1 atom stereocenters. The number of hydrogen-bond donors (Lipinski definition) is 1. The number of thiol groups is 1. The lowest BCUT2D eigenvalue weighted by Crippen LogP contribution is -2.20. The van der Waals surface area contributed by atoms with Gasteiger partial charge in [-0.1, -0.05) is 69.4 Å². The molecule has 0 aromatic heterocycles. The second-order valence-electron chi connectivity index (χ2n) is 5.14. The molecule has 0 heterocycles. The summed E-state index contributed by atoms with van der Waals surface area (Å²) >= 11 is 4.33. The number of esters is 1. The Bertz CT molecular complexity index is 365. The van der Waals surface area contributed by atoms with Gasteiger partial charge >= 0.3 is 5.97 Å². The van der Waals surface area contributed by atoms with Gasteiger partial charge in [0.1, 0.15) is 5.25 Å². The highest BCUT2D eigenvalue weighted by Crippen LogP contribution is 2.10. The number of hydrogen-bond acceptors (Lipinski definition) is 3. The van der Waals surface area contributed by atoms with Crippen molar-refractivity contribution in [2.24, 2.45) is 0 Å².